The fourth-order valence-electron chi connectivity index (χ4n) is 3.47. The number of hydrogen-bond donors (Lipinski definition) is 0. The predicted octanol–water partition coefficient (Wildman–Crippen LogP) is 9.13. The normalized spacial score (nSPS) is 10.3. The number of fused-ring (bicyclic) bond motifs is 2. The molecule has 160 valence electrons. The van der Waals surface area contributed by atoms with Crippen LogP contribution in [0.25, 0.3) is 21.5 Å². The van der Waals surface area contributed by atoms with Crippen molar-refractivity contribution in [1.82, 2.24) is 0 Å². The summed E-state index contributed by atoms with van der Waals surface area (Å²) in [5.74, 6) is 0. The van der Waals surface area contributed by atoms with Crippen molar-refractivity contribution in [3.05, 3.63) is 81.9 Å². The maximum absolute atomic E-state index is 5.62. The number of aryl methyl sites for hydroxylation is 6. The van der Waals surface area contributed by atoms with Gasteiger partial charge in [-0.2, -0.15) is 12.1 Å². The molecule has 0 unspecified atom stereocenters. The molecule has 0 aromatic heterocycles. The van der Waals surface area contributed by atoms with Gasteiger partial charge in [-0.25, -0.2) is 0 Å². The summed E-state index contributed by atoms with van der Waals surface area (Å²) in [6, 6.07) is 17.8. The minimum atomic E-state index is -1.65. The molecule has 0 nitrogen and oxygen atoms in total. The molecular formula is C26H32Cl2SiZr-2. The fraction of sp³-hybridized carbons (Fsp3) is 0.308. The second kappa shape index (κ2) is 11.3. The first-order chi connectivity index (χ1) is 14.0. The van der Waals surface area contributed by atoms with Crippen LogP contribution in [0.5, 0.6) is 0 Å². The summed E-state index contributed by atoms with van der Waals surface area (Å²) >= 11 is -1.65. The topological polar surface area (TPSA) is 0 Å². The first-order valence-corrected chi connectivity index (χ1v) is 22.8. The minimum Gasteiger partial charge on any atom is -0.165 e. The Balaban J connectivity index is 0.000000171. The zero-order valence-electron chi connectivity index (χ0n) is 19.4. The molecule has 0 fully saturated rings. The summed E-state index contributed by atoms with van der Waals surface area (Å²) in [6.45, 7) is 17.3. The van der Waals surface area contributed by atoms with E-state index in [-0.39, 0.29) is 5.43 Å². The average molecular weight is 535 g/mol. The van der Waals surface area contributed by atoms with Gasteiger partial charge in [0.15, 0.2) is 0 Å². The van der Waals surface area contributed by atoms with Crippen LogP contribution in [0, 0.1) is 41.5 Å². The summed E-state index contributed by atoms with van der Waals surface area (Å²) in [4.78, 5) is 0. The fourth-order valence-corrected chi connectivity index (χ4v) is 3.47. The van der Waals surface area contributed by atoms with Crippen molar-refractivity contribution in [2.75, 3.05) is 0 Å². The Bertz CT molecular complexity index is 1010. The van der Waals surface area contributed by atoms with E-state index in [0.29, 0.717) is 0 Å². The third-order valence-electron chi connectivity index (χ3n) is 5.31. The number of hydrogen-bond acceptors (Lipinski definition) is 0. The SMILES string of the molecule is C[Si](C)=[Zr]([Cl])[Cl].Cc1cc2c(C)ccc(C)c2[cH-]1.Cc1cc2c(C)ccc(C)c2[cH-]1. The van der Waals surface area contributed by atoms with Crippen LogP contribution in [0.4, 0.5) is 0 Å². The Labute approximate surface area is 197 Å². The van der Waals surface area contributed by atoms with Gasteiger partial charge in [-0.15, -0.1) is 68.1 Å². The number of benzene rings is 2. The quantitative estimate of drug-likeness (QED) is 0.156. The van der Waals surface area contributed by atoms with Gasteiger partial charge in [0.1, 0.15) is 0 Å². The van der Waals surface area contributed by atoms with Crippen LogP contribution in [0.1, 0.15) is 33.4 Å². The van der Waals surface area contributed by atoms with Crippen molar-refractivity contribution in [3.8, 4) is 0 Å². The Morgan fingerprint density at radius 3 is 1.20 bits per heavy atom. The third-order valence-corrected chi connectivity index (χ3v) is 25.1. The smallest absolute Gasteiger partial charge is 0.0488 e. The average Bonchev–Trinajstić information content (AvgIpc) is 3.27. The van der Waals surface area contributed by atoms with E-state index >= 15 is 0 Å². The van der Waals surface area contributed by atoms with Crippen LogP contribution < -0.4 is 0 Å². The predicted molar refractivity (Wildman–Crippen MR) is 137 cm³/mol. The van der Waals surface area contributed by atoms with Crippen LogP contribution in [0.2, 0.25) is 13.1 Å². The van der Waals surface area contributed by atoms with E-state index < -0.39 is 18.0 Å². The Morgan fingerprint density at radius 1 is 0.633 bits per heavy atom. The molecular weight excluding hydrogens is 503 g/mol. The standard InChI is InChI=1S/2C12H13.C2H6Si.2ClH.Zr/c2*1-8-6-11-9(2)4-5-10(3)12(11)7-8;1-3-2;;;/h2*4-7H,1-3H3;1-2H3;2*1H;/q2*-1;;;;+2/p-2. The molecule has 4 rings (SSSR count). The number of rotatable bonds is 0. The molecule has 0 aliphatic heterocycles. The molecule has 0 aliphatic rings. The minimum absolute atomic E-state index is 0.224. The summed E-state index contributed by atoms with van der Waals surface area (Å²) in [5, 5.41) is 5.64. The molecule has 0 atom stereocenters. The van der Waals surface area contributed by atoms with Gasteiger partial charge in [0, 0.05) is 0 Å². The maximum Gasteiger partial charge on any atom is -0.0488 e. The Hall–Kier alpha value is -0.660. The molecule has 0 spiro atoms. The van der Waals surface area contributed by atoms with Crippen LogP contribution in [-0.2, 0) is 18.0 Å². The van der Waals surface area contributed by atoms with E-state index in [1.807, 2.05) is 0 Å². The Kier molecular flexibility index (Phi) is 9.62. The first kappa shape index (κ1) is 25.6. The molecule has 0 amide bonds. The van der Waals surface area contributed by atoms with E-state index in [1.54, 1.807) is 0 Å². The van der Waals surface area contributed by atoms with Gasteiger partial charge in [0.2, 0.25) is 0 Å². The van der Waals surface area contributed by atoms with Crippen molar-refractivity contribution in [1.29, 1.82) is 0 Å². The first-order valence-electron chi connectivity index (χ1n) is 10.3. The van der Waals surface area contributed by atoms with Crippen LogP contribution >= 0.6 is 17.0 Å². The van der Waals surface area contributed by atoms with Crippen molar-refractivity contribution in [3.63, 3.8) is 0 Å². The van der Waals surface area contributed by atoms with Crippen LogP contribution in [0.15, 0.2) is 48.5 Å². The molecule has 4 aromatic carbocycles. The van der Waals surface area contributed by atoms with Gasteiger partial charge >= 0.3 is 53.5 Å². The van der Waals surface area contributed by atoms with Gasteiger partial charge in [0.05, 0.1) is 0 Å². The van der Waals surface area contributed by atoms with Gasteiger partial charge in [-0.05, 0) is 13.8 Å². The third kappa shape index (κ3) is 6.67. The van der Waals surface area contributed by atoms with E-state index in [9.17, 15) is 0 Å². The summed E-state index contributed by atoms with van der Waals surface area (Å²) in [7, 11) is 11.2. The Morgan fingerprint density at radius 2 is 0.933 bits per heavy atom. The molecule has 0 heterocycles. The summed E-state index contributed by atoms with van der Waals surface area (Å²) in [6.07, 6.45) is 0. The molecule has 0 saturated carbocycles. The van der Waals surface area contributed by atoms with Gasteiger partial charge in [0.25, 0.3) is 0 Å². The monoisotopic (exact) mass is 532 g/mol. The molecule has 30 heavy (non-hydrogen) atoms. The van der Waals surface area contributed by atoms with Crippen LogP contribution in [0.3, 0.4) is 0 Å². The molecule has 0 saturated heterocycles. The van der Waals surface area contributed by atoms with Crippen molar-refractivity contribution >= 4 is 44.0 Å². The maximum atomic E-state index is 5.62. The summed E-state index contributed by atoms with van der Waals surface area (Å²) in [5.41, 5.74) is 8.02. The van der Waals surface area contributed by atoms with E-state index in [4.69, 9.17) is 17.0 Å². The number of halogens is 2. The van der Waals surface area contributed by atoms with Gasteiger partial charge in [-0.3, -0.25) is 0 Å². The van der Waals surface area contributed by atoms with E-state index in [2.05, 4.69) is 103 Å². The van der Waals surface area contributed by atoms with Crippen molar-refractivity contribution in [2.45, 2.75) is 54.6 Å². The second-order valence-corrected chi connectivity index (χ2v) is 31.4. The van der Waals surface area contributed by atoms with Gasteiger partial charge < -0.3 is 0 Å². The van der Waals surface area contributed by atoms with Crippen LogP contribution in [-0.4, -0.2) is 5.43 Å². The van der Waals surface area contributed by atoms with E-state index in [0.717, 1.165) is 0 Å². The van der Waals surface area contributed by atoms with Gasteiger partial charge in [-0.1, -0.05) is 51.0 Å². The van der Waals surface area contributed by atoms with Crippen molar-refractivity contribution < 1.29 is 18.0 Å². The molecule has 4 heteroatoms. The van der Waals surface area contributed by atoms with Crippen molar-refractivity contribution in [2.24, 2.45) is 0 Å². The molecule has 0 radical (unpaired) electrons. The molecule has 4 aromatic rings. The molecule has 0 aliphatic carbocycles. The summed E-state index contributed by atoms with van der Waals surface area (Å²) < 4.78 is 0. The molecule has 0 N–H and O–H groups in total. The molecule has 0 bridgehead atoms. The zero-order chi connectivity index (χ0) is 22.6. The second-order valence-electron chi connectivity index (χ2n) is 8.38. The largest absolute Gasteiger partial charge is 0.165 e. The zero-order valence-corrected chi connectivity index (χ0v) is 24.3. The van der Waals surface area contributed by atoms with E-state index in [1.165, 1.54) is 54.9 Å².